The first-order valence-corrected chi connectivity index (χ1v) is 6.85. The number of hydrogen-bond acceptors (Lipinski definition) is 2. The van der Waals surface area contributed by atoms with Crippen molar-refractivity contribution in [3.63, 3.8) is 0 Å². The molecule has 2 aromatic carbocycles. The minimum absolute atomic E-state index is 0.0341. The molecular weight excluding hydrogens is 349 g/mol. The second-order valence-electron chi connectivity index (χ2n) is 3.94. The van der Waals surface area contributed by atoms with Crippen LogP contribution < -0.4 is 5.32 Å². The first-order valence-electron chi connectivity index (χ1n) is 5.68. The van der Waals surface area contributed by atoms with Gasteiger partial charge in [0.25, 0.3) is 0 Å². The molecule has 0 saturated heterocycles. The average molecular weight is 359 g/mol. The van der Waals surface area contributed by atoms with E-state index in [4.69, 9.17) is 16.3 Å². The second kappa shape index (κ2) is 6.72. The van der Waals surface area contributed by atoms with E-state index in [9.17, 15) is 9.18 Å². The monoisotopic (exact) mass is 357 g/mol. The standard InChI is InChI=1S/C14H10BrClFNO2/c15-11-6-10(7-12(17)13(11)16)18-14(19)20-8-9-4-2-1-3-5-9/h1-7H,8H2,(H,18,19). The van der Waals surface area contributed by atoms with E-state index in [0.717, 1.165) is 11.6 Å². The van der Waals surface area contributed by atoms with Crippen LogP contribution in [0.3, 0.4) is 0 Å². The summed E-state index contributed by atoms with van der Waals surface area (Å²) in [7, 11) is 0. The highest BCUT2D eigenvalue weighted by Gasteiger charge is 2.10. The number of nitrogens with one attached hydrogen (secondary N) is 1. The summed E-state index contributed by atoms with van der Waals surface area (Å²) in [5.41, 5.74) is 1.13. The largest absolute Gasteiger partial charge is 0.444 e. The average Bonchev–Trinajstić information content (AvgIpc) is 2.43. The molecule has 0 atom stereocenters. The molecule has 0 aliphatic heterocycles. The van der Waals surface area contributed by atoms with Gasteiger partial charge >= 0.3 is 6.09 Å². The summed E-state index contributed by atoms with van der Waals surface area (Å²) in [6.07, 6.45) is -0.664. The van der Waals surface area contributed by atoms with Gasteiger partial charge in [0.15, 0.2) is 0 Å². The molecule has 0 bridgehead atoms. The summed E-state index contributed by atoms with van der Waals surface area (Å²) in [5, 5.41) is 2.40. The first-order chi connectivity index (χ1) is 9.56. The molecule has 0 saturated carbocycles. The molecule has 0 fully saturated rings. The quantitative estimate of drug-likeness (QED) is 0.785. The number of ether oxygens (including phenoxy) is 1. The van der Waals surface area contributed by atoms with Crippen molar-refractivity contribution in [3.8, 4) is 0 Å². The zero-order chi connectivity index (χ0) is 14.5. The number of carbonyl (C=O) groups is 1. The summed E-state index contributed by atoms with van der Waals surface area (Å²) in [5.74, 6) is -0.626. The number of anilines is 1. The molecule has 0 aromatic heterocycles. The van der Waals surface area contributed by atoms with Crippen molar-refractivity contribution < 1.29 is 13.9 Å². The van der Waals surface area contributed by atoms with Crippen molar-refractivity contribution in [3.05, 3.63) is 63.3 Å². The van der Waals surface area contributed by atoms with Crippen LogP contribution in [0, 0.1) is 5.82 Å². The summed E-state index contributed by atoms with van der Waals surface area (Å²) < 4.78 is 18.8. The third-order valence-electron chi connectivity index (χ3n) is 2.44. The van der Waals surface area contributed by atoms with Gasteiger partial charge in [-0.2, -0.15) is 0 Å². The van der Waals surface area contributed by atoms with Crippen LogP contribution >= 0.6 is 27.5 Å². The zero-order valence-electron chi connectivity index (χ0n) is 10.2. The van der Waals surface area contributed by atoms with Crippen molar-refractivity contribution >= 4 is 39.3 Å². The molecule has 0 spiro atoms. The lowest BCUT2D eigenvalue weighted by Gasteiger charge is -2.08. The fourth-order valence-electron chi connectivity index (χ4n) is 1.50. The smallest absolute Gasteiger partial charge is 0.411 e. The third kappa shape index (κ3) is 3.95. The fourth-order valence-corrected chi connectivity index (χ4v) is 2.05. The molecule has 0 aliphatic rings. The number of carbonyl (C=O) groups excluding carboxylic acids is 1. The third-order valence-corrected chi connectivity index (χ3v) is 3.68. The highest BCUT2D eigenvalue weighted by molar-refractivity contribution is 9.10. The Balaban J connectivity index is 1.95. The van der Waals surface area contributed by atoms with E-state index in [1.807, 2.05) is 30.3 Å². The van der Waals surface area contributed by atoms with Gasteiger partial charge in [-0.15, -0.1) is 0 Å². The van der Waals surface area contributed by atoms with E-state index < -0.39 is 11.9 Å². The van der Waals surface area contributed by atoms with E-state index >= 15 is 0 Å². The Morgan fingerprint density at radius 3 is 2.65 bits per heavy atom. The highest BCUT2D eigenvalue weighted by atomic mass is 79.9. The van der Waals surface area contributed by atoms with Crippen LogP contribution in [0.4, 0.5) is 14.9 Å². The van der Waals surface area contributed by atoms with Gasteiger partial charge in [0, 0.05) is 10.2 Å². The van der Waals surface area contributed by atoms with Gasteiger partial charge < -0.3 is 4.74 Å². The molecule has 2 aromatic rings. The maximum absolute atomic E-state index is 13.4. The topological polar surface area (TPSA) is 38.3 Å². The van der Waals surface area contributed by atoms with Gasteiger partial charge in [-0.05, 0) is 33.6 Å². The SMILES string of the molecule is O=C(Nc1cc(F)c(Cl)c(Br)c1)OCc1ccccc1. The van der Waals surface area contributed by atoms with E-state index in [1.165, 1.54) is 6.07 Å². The molecule has 0 heterocycles. The van der Waals surface area contributed by atoms with Crippen molar-refractivity contribution in [1.29, 1.82) is 0 Å². The summed E-state index contributed by atoms with van der Waals surface area (Å²) in [6, 6.07) is 11.9. The van der Waals surface area contributed by atoms with Crippen LogP contribution in [-0.2, 0) is 11.3 Å². The van der Waals surface area contributed by atoms with Gasteiger partial charge in [0.2, 0.25) is 0 Å². The van der Waals surface area contributed by atoms with Crippen molar-refractivity contribution in [2.24, 2.45) is 0 Å². The minimum atomic E-state index is -0.664. The predicted octanol–water partition coefficient (Wildman–Crippen LogP) is 4.99. The van der Waals surface area contributed by atoms with E-state index in [0.29, 0.717) is 4.47 Å². The van der Waals surface area contributed by atoms with Gasteiger partial charge in [0.1, 0.15) is 12.4 Å². The van der Waals surface area contributed by atoms with Crippen LogP contribution in [0.2, 0.25) is 5.02 Å². The number of amides is 1. The van der Waals surface area contributed by atoms with Crippen molar-refractivity contribution in [1.82, 2.24) is 0 Å². The van der Waals surface area contributed by atoms with Crippen LogP contribution in [0.1, 0.15) is 5.56 Å². The van der Waals surface area contributed by atoms with Gasteiger partial charge in [0.05, 0.1) is 5.02 Å². The molecule has 0 unspecified atom stereocenters. The lowest BCUT2D eigenvalue weighted by Crippen LogP contribution is -2.13. The van der Waals surface area contributed by atoms with Gasteiger partial charge in [-0.1, -0.05) is 41.9 Å². The summed E-state index contributed by atoms with van der Waals surface area (Å²) in [4.78, 5) is 11.6. The number of halogens is 3. The summed E-state index contributed by atoms with van der Waals surface area (Å²) >= 11 is 8.76. The second-order valence-corrected chi connectivity index (χ2v) is 5.17. The predicted molar refractivity (Wildman–Crippen MR) is 79.4 cm³/mol. The number of hydrogen-bond donors (Lipinski definition) is 1. The summed E-state index contributed by atoms with van der Waals surface area (Å²) in [6.45, 7) is 0.143. The molecule has 1 N–H and O–H groups in total. The number of benzene rings is 2. The lowest BCUT2D eigenvalue weighted by molar-refractivity contribution is 0.155. The van der Waals surface area contributed by atoms with E-state index in [1.54, 1.807) is 0 Å². The number of rotatable bonds is 3. The van der Waals surface area contributed by atoms with E-state index in [-0.39, 0.29) is 17.3 Å². The Morgan fingerprint density at radius 1 is 1.30 bits per heavy atom. The zero-order valence-corrected chi connectivity index (χ0v) is 12.5. The molecule has 2 rings (SSSR count). The Hall–Kier alpha value is -1.59. The Labute approximate surface area is 128 Å². The van der Waals surface area contributed by atoms with Crippen molar-refractivity contribution in [2.75, 3.05) is 5.32 Å². The minimum Gasteiger partial charge on any atom is -0.444 e. The molecule has 1 amide bonds. The maximum Gasteiger partial charge on any atom is 0.411 e. The Bertz CT molecular complexity index is 599. The molecule has 104 valence electrons. The fraction of sp³-hybridized carbons (Fsp3) is 0.0714. The molecule has 0 aliphatic carbocycles. The normalized spacial score (nSPS) is 10.2. The van der Waals surface area contributed by atoms with Crippen LogP contribution in [0.25, 0.3) is 0 Å². The van der Waals surface area contributed by atoms with Crippen LogP contribution in [0.5, 0.6) is 0 Å². The highest BCUT2D eigenvalue weighted by Crippen LogP contribution is 2.29. The molecule has 6 heteroatoms. The molecule has 20 heavy (non-hydrogen) atoms. The van der Waals surface area contributed by atoms with Crippen LogP contribution in [-0.4, -0.2) is 6.09 Å². The van der Waals surface area contributed by atoms with Gasteiger partial charge in [-0.3, -0.25) is 5.32 Å². The first kappa shape index (κ1) is 14.8. The van der Waals surface area contributed by atoms with Crippen molar-refractivity contribution in [2.45, 2.75) is 6.61 Å². The van der Waals surface area contributed by atoms with Crippen LogP contribution in [0.15, 0.2) is 46.9 Å². The Kier molecular flexibility index (Phi) is 4.98. The molecule has 3 nitrogen and oxygen atoms in total. The van der Waals surface area contributed by atoms with E-state index in [2.05, 4.69) is 21.2 Å². The lowest BCUT2D eigenvalue weighted by atomic mass is 10.2. The molecule has 0 radical (unpaired) electrons. The molecular formula is C14H10BrClFNO2. The Morgan fingerprint density at radius 2 is 2.00 bits per heavy atom. The maximum atomic E-state index is 13.4. The van der Waals surface area contributed by atoms with Gasteiger partial charge in [-0.25, -0.2) is 9.18 Å².